The summed E-state index contributed by atoms with van der Waals surface area (Å²) < 4.78 is 12.9. The molecule has 1 unspecified atom stereocenters. The minimum atomic E-state index is -0.447. The van der Waals surface area contributed by atoms with E-state index in [0.717, 1.165) is 18.9 Å². The zero-order chi connectivity index (χ0) is 13.3. The monoisotopic (exact) mass is 270 g/mol. The van der Waals surface area contributed by atoms with E-state index in [9.17, 15) is 9.18 Å². The molecule has 0 bridgehead atoms. The van der Waals surface area contributed by atoms with E-state index in [1.54, 1.807) is 11.9 Å². The van der Waals surface area contributed by atoms with Crippen LogP contribution in [0.2, 0.25) is 5.02 Å². The molecular weight excluding hydrogens is 255 g/mol. The highest BCUT2D eigenvalue weighted by Crippen LogP contribution is 2.35. The van der Waals surface area contributed by atoms with Crippen LogP contribution >= 0.6 is 11.6 Å². The maximum Gasteiger partial charge on any atom is 0.255 e. The number of hydrogen-bond donors (Lipinski definition) is 1. The molecule has 98 valence electrons. The first kappa shape index (κ1) is 13.3. The van der Waals surface area contributed by atoms with Crippen molar-refractivity contribution in [2.24, 2.45) is 11.7 Å². The number of nitrogens with zero attached hydrogens (tertiary/aromatic N) is 1. The van der Waals surface area contributed by atoms with E-state index in [2.05, 4.69) is 0 Å². The molecule has 0 aliphatic heterocycles. The van der Waals surface area contributed by atoms with Crippen LogP contribution in [0.1, 0.15) is 23.2 Å². The standard InChI is InChI=1S/C13H16ClFN2O/c1-17(12(7-16)8-2-3-8)13(18)10-5-4-9(15)6-11(10)14/h4-6,8,12H,2-3,7,16H2,1H3. The lowest BCUT2D eigenvalue weighted by molar-refractivity contribution is 0.0719. The number of nitrogens with two attached hydrogens (primary N) is 1. The number of carbonyl (C=O) groups is 1. The summed E-state index contributed by atoms with van der Waals surface area (Å²) >= 11 is 5.89. The van der Waals surface area contributed by atoms with E-state index in [1.807, 2.05) is 0 Å². The Hall–Kier alpha value is -1.13. The molecule has 1 saturated carbocycles. The van der Waals surface area contributed by atoms with Gasteiger partial charge in [0.2, 0.25) is 0 Å². The smallest absolute Gasteiger partial charge is 0.255 e. The lowest BCUT2D eigenvalue weighted by Gasteiger charge is -2.27. The molecule has 0 heterocycles. The van der Waals surface area contributed by atoms with Crippen LogP contribution in [-0.4, -0.2) is 30.4 Å². The van der Waals surface area contributed by atoms with Crippen molar-refractivity contribution < 1.29 is 9.18 Å². The van der Waals surface area contributed by atoms with Gasteiger partial charge in [0, 0.05) is 19.6 Å². The highest BCUT2D eigenvalue weighted by molar-refractivity contribution is 6.33. The fraction of sp³-hybridized carbons (Fsp3) is 0.462. The molecule has 1 aromatic rings. The molecule has 0 radical (unpaired) electrons. The summed E-state index contributed by atoms with van der Waals surface area (Å²) in [4.78, 5) is 13.9. The van der Waals surface area contributed by atoms with Crippen molar-refractivity contribution in [3.05, 3.63) is 34.6 Å². The topological polar surface area (TPSA) is 46.3 Å². The third-order valence-electron chi connectivity index (χ3n) is 3.39. The minimum absolute atomic E-state index is 0.0404. The van der Waals surface area contributed by atoms with Gasteiger partial charge in [-0.05, 0) is 37.0 Å². The second kappa shape index (κ2) is 5.24. The van der Waals surface area contributed by atoms with Crippen molar-refractivity contribution in [1.82, 2.24) is 4.90 Å². The molecule has 1 fully saturated rings. The minimum Gasteiger partial charge on any atom is -0.337 e. The summed E-state index contributed by atoms with van der Waals surface area (Å²) in [5.41, 5.74) is 6.02. The Bertz CT molecular complexity index is 462. The molecule has 2 N–H and O–H groups in total. The first-order valence-electron chi connectivity index (χ1n) is 5.97. The van der Waals surface area contributed by atoms with E-state index < -0.39 is 5.82 Å². The molecule has 0 spiro atoms. The third kappa shape index (κ3) is 2.65. The summed E-state index contributed by atoms with van der Waals surface area (Å²) in [6, 6.07) is 3.84. The van der Waals surface area contributed by atoms with E-state index in [0.29, 0.717) is 18.0 Å². The zero-order valence-corrected chi connectivity index (χ0v) is 11.0. The van der Waals surface area contributed by atoms with Gasteiger partial charge in [0.25, 0.3) is 5.91 Å². The number of halogens is 2. The molecule has 3 nitrogen and oxygen atoms in total. The number of benzene rings is 1. The average Bonchev–Trinajstić information content (AvgIpc) is 3.13. The molecule has 1 aliphatic rings. The molecule has 0 aromatic heterocycles. The van der Waals surface area contributed by atoms with Gasteiger partial charge >= 0.3 is 0 Å². The van der Waals surface area contributed by atoms with Crippen LogP contribution in [0.4, 0.5) is 4.39 Å². The maximum atomic E-state index is 12.9. The van der Waals surface area contributed by atoms with Gasteiger partial charge in [-0.1, -0.05) is 11.6 Å². The molecule has 1 amide bonds. The Morgan fingerprint density at radius 2 is 2.28 bits per heavy atom. The van der Waals surface area contributed by atoms with Gasteiger partial charge in [-0.3, -0.25) is 4.79 Å². The molecule has 2 rings (SSSR count). The molecule has 1 atom stereocenters. The highest BCUT2D eigenvalue weighted by atomic mass is 35.5. The Kier molecular flexibility index (Phi) is 3.88. The Labute approximate surface area is 111 Å². The second-order valence-electron chi connectivity index (χ2n) is 4.68. The van der Waals surface area contributed by atoms with Gasteiger partial charge in [0.15, 0.2) is 0 Å². The van der Waals surface area contributed by atoms with Crippen molar-refractivity contribution >= 4 is 17.5 Å². The van der Waals surface area contributed by atoms with E-state index in [-0.39, 0.29) is 17.0 Å². The fourth-order valence-corrected chi connectivity index (χ4v) is 2.40. The van der Waals surface area contributed by atoms with E-state index in [4.69, 9.17) is 17.3 Å². The van der Waals surface area contributed by atoms with Crippen LogP contribution in [0, 0.1) is 11.7 Å². The Balaban J connectivity index is 2.19. The number of carbonyl (C=O) groups excluding carboxylic acids is 1. The molecule has 18 heavy (non-hydrogen) atoms. The van der Waals surface area contributed by atoms with Crippen LogP contribution < -0.4 is 5.73 Å². The van der Waals surface area contributed by atoms with Gasteiger partial charge in [0.1, 0.15) is 5.82 Å². The van der Waals surface area contributed by atoms with E-state index in [1.165, 1.54) is 12.1 Å². The maximum absolute atomic E-state index is 12.9. The van der Waals surface area contributed by atoms with Crippen LogP contribution in [-0.2, 0) is 0 Å². The molecule has 0 saturated heterocycles. The fourth-order valence-electron chi connectivity index (χ4n) is 2.15. The first-order valence-corrected chi connectivity index (χ1v) is 6.34. The van der Waals surface area contributed by atoms with Crippen LogP contribution in [0.3, 0.4) is 0 Å². The number of likely N-dealkylation sites (N-methyl/N-ethyl adjacent to an activating group) is 1. The third-order valence-corrected chi connectivity index (χ3v) is 3.70. The predicted octanol–water partition coefficient (Wildman–Crippen LogP) is 2.29. The van der Waals surface area contributed by atoms with Gasteiger partial charge in [-0.15, -0.1) is 0 Å². The van der Waals surface area contributed by atoms with Crippen LogP contribution in [0.15, 0.2) is 18.2 Å². The van der Waals surface area contributed by atoms with Gasteiger partial charge in [0.05, 0.1) is 10.6 Å². The van der Waals surface area contributed by atoms with Crippen LogP contribution in [0.5, 0.6) is 0 Å². The van der Waals surface area contributed by atoms with Crippen molar-refractivity contribution in [3.63, 3.8) is 0 Å². The van der Waals surface area contributed by atoms with Crippen molar-refractivity contribution in [2.45, 2.75) is 18.9 Å². The number of amides is 1. The lowest BCUT2D eigenvalue weighted by atomic mass is 10.1. The molecule has 1 aromatic carbocycles. The summed E-state index contributed by atoms with van der Waals surface area (Å²) in [5.74, 6) is -0.165. The highest BCUT2D eigenvalue weighted by Gasteiger charge is 2.35. The summed E-state index contributed by atoms with van der Waals surface area (Å²) in [6.45, 7) is 0.436. The molecule has 1 aliphatic carbocycles. The van der Waals surface area contributed by atoms with Crippen molar-refractivity contribution in [3.8, 4) is 0 Å². The summed E-state index contributed by atoms with van der Waals surface area (Å²) in [6.07, 6.45) is 2.22. The molecular formula is C13H16ClFN2O. The average molecular weight is 271 g/mol. The quantitative estimate of drug-likeness (QED) is 0.912. The largest absolute Gasteiger partial charge is 0.337 e. The Morgan fingerprint density at radius 3 is 2.78 bits per heavy atom. The normalized spacial score (nSPS) is 16.4. The first-order chi connectivity index (χ1) is 8.54. The second-order valence-corrected chi connectivity index (χ2v) is 5.09. The van der Waals surface area contributed by atoms with Crippen molar-refractivity contribution in [1.29, 1.82) is 0 Å². The summed E-state index contributed by atoms with van der Waals surface area (Å²) in [5, 5.41) is 0.137. The predicted molar refractivity (Wildman–Crippen MR) is 69.1 cm³/mol. The number of rotatable bonds is 4. The van der Waals surface area contributed by atoms with Gasteiger partial charge in [-0.2, -0.15) is 0 Å². The lowest BCUT2D eigenvalue weighted by Crippen LogP contribution is -2.43. The number of hydrogen-bond acceptors (Lipinski definition) is 2. The SMILES string of the molecule is CN(C(=O)c1ccc(F)cc1Cl)C(CN)C1CC1. The summed E-state index contributed by atoms with van der Waals surface area (Å²) in [7, 11) is 1.72. The van der Waals surface area contributed by atoms with Gasteiger partial charge in [-0.25, -0.2) is 4.39 Å². The zero-order valence-electron chi connectivity index (χ0n) is 10.2. The van der Waals surface area contributed by atoms with E-state index >= 15 is 0 Å². The Morgan fingerprint density at radius 1 is 1.61 bits per heavy atom. The van der Waals surface area contributed by atoms with Crippen molar-refractivity contribution in [2.75, 3.05) is 13.6 Å². The van der Waals surface area contributed by atoms with Crippen LogP contribution in [0.25, 0.3) is 0 Å². The van der Waals surface area contributed by atoms with Gasteiger partial charge < -0.3 is 10.6 Å². The molecule has 5 heteroatoms.